The Bertz CT molecular complexity index is 593. The summed E-state index contributed by atoms with van der Waals surface area (Å²) in [6, 6.07) is 7.59. The van der Waals surface area contributed by atoms with Crippen LogP contribution in [0.1, 0.15) is 25.7 Å². The van der Waals surface area contributed by atoms with E-state index in [-0.39, 0.29) is 5.91 Å². The van der Waals surface area contributed by atoms with Crippen LogP contribution in [0.3, 0.4) is 0 Å². The van der Waals surface area contributed by atoms with Crippen LogP contribution in [0.15, 0.2) is 34.9 Å². The molecule has 0 atom stereocenters. The number of carbonyl (C=O) groups is 1. The van der Waals surface area contributed by atoms with Crippen molar-refractivity contribution in [2.24, 2.45) is 0 Å². The molecule has 0 aliphatic rings. The lowest BCUT2D eigenvalue weighted by Gasteiger charge is -2.02. The van der Waals surface area contributed by atoms with E-state index in [2.05, 4.69) is 10.3 Å². The van der Waals surface area contributed by atoms with Gasteiger partial charge in [-0.3, -0.25) is 4.79 Å². The number of aryl methyl sites for hydroxylation is 1. The van der Waals surface area contributed by atoms with Gasteiger partial charge in [-0.05, 0) is 18.6 Å². The summed E-state index contributed by atoms with van der Waals surface area (Å²) in [4.78, 5) is 15.8. The summed E-state index contributed by atoms with van der Waals surface area (Å²) < 4.78 is 10.9. The van der Waals surface area contributed by atoms with Crippen LogP contribution in [0, 0.1) is 0 Å². The van der Waals surface area contributed by atoms with Gasteiger partial charge >= 0.3 is 0 Å². The second-order valence-electron chi connectivity index (χ2n) is 4.70. The standard InChI is InChI=1S/C16H20N2O3/c1-3-9-17-15(19)7-8-16-18-11-14(21-16)12-5-4-6-13(10-12)20-2/h4-6,10-11H,3,7-9H2,1-2H3,(H,17,19). The Balaban J connectivity index is 1.96. The van der Waals surface area contributed by atoms with Crippen molar-refractivity contribution in [2.45, 2.75) is 26.2 Å². The van der Waals surface area contributed by atoms with Crippen LogP contribution in [-0.2, 0) is 11.2 Å². The predicted molar refractivity (Wildman–Crippen MR) is 80.1 cm³/mol. The van der Waals surface area contributed by atoms with Gasteiger partial charge in [0.05, 0.1) is 13.3 Å². The molecule has 21 heavy (non-hydrogen) atoms. The number of nitrogens with zero attached hydrogens (tertiary/aromatic N) is 1. The second-order valence-corrected chi connectivity index (χ2v) is 4.70. The molecular weight excluding hydrogens is 268 g/mol. The lowest BCUT2D eigenvalue weighted by atomic mass is 10.2. The highest BCUT2D eigenvalue weighted by Crippen LogP contribution is 2.24. The average Bonchev–Trinajstić information content (AvgIpc) is 3.00. The highest BCUT2D eigenvalue weighted by Gasteiger charge is 2.09. The van der Waals surface area contributed by atoms with Gasteiger partial charge in [0, 0.05) is 24.9 Å². The van der Waals surface area contributed by atoms with Crippen molar-refractivity contribution >= 4 is 5.91 Å². The fourth-order valence-corrected chi connectivity index (χ4v) is 1.91. The molecule has 1 aromatic carbocycles. The minimum Gasteiger partial charge on any atom is -0.497 e. The molecule has 0 bridgehead atoms. The number of carbonyl (C=O) groups excluding carboxylic acids is 1. The highest BCUT2D eigenvalue weighted by molar-refractivity contribution is 5.75. The number of nitrogens with one attached hydrogen (secondary N) is 1. The molecule has 0 spiro atoms. The van der Waals surface area contributed by atoms with E-state index in [0.717, 1.165) is 17.7 Å². The summed E-state index contributed by atoms with van der Waals surface area (Å²) >= 11 is 0. The summed E-state index contributed by atoms with van der Waals surface area (Å²) in [7, 11) is 1.62. The topological polar surface area (TPSA) is 64.4 Å². The first-order valence-corrected chi connectivity index (χ1v) is 7.08. The summed E-state index contributed by atoms with van der Waals surface area (Å²) in [5, 5.41) is 2.83. The van der Waals surface area contributed by atoms with Gasteiger partial charge in [-0.1, -0.05) is 19.1 Å². The van der Waals surface area contributed by atoms with Gasteiger partial charge < -0.3 is 14.5 Å². The molecule has 112 valence electrons. The first-order chi connectivity index (χ1) is 10.2. The molecule has 5 nitrogen and oxygen atoms in total. The van der Waals surface area contributed by atoms with Gasteiger partial charge in [0.15, 0.2) is 11.7 Å². The Morgan fingerprint density at radius 1 is 1.43 bits per heavy atom. The summed E-state index contributed by atoms with van der Waals surface area (Å²) in [6.45, 7) is 2.73. The van der Waals surface area contributed by atoms with Crippen molar-refractivity contribution in [2.75, 3.05) is 13.7 Å². The SMILES string of the molecule is CCCNC(=O)CCc1ncc(-c2cccc(OC)c2)o1. The molecule has 0 saturated carbocycles. The maximum Gasteiger partial charge on any atom is 0.220 e. The maximum absolute atomic E-state index is 11.5. The third-order valence-electron chi connectivity index (χ3n) is 3.05. The number of ether oxygens (including phenoxy) is 1. The number of hydrogen-bond donors (Lipinski definition) is 1. The number of methoxy groups -OCH3 is 1. The Morgan fingerprint density at radius 2 is 2.29 bits per heavy atom. The molecule has 0 fully saturated rings. The van der Waals surface area contributed by atoms with Gasteiger partial charge in [-0.15, -0.1) is 0 Å². The number of oxazole rings is 1. The zero-order valence-electron chi connectivity index (χ0n) is 12.4. The van der Waals surface area contributed by atoms with Crippen molar-refractivity contribution in [3.63, 3.8) is 0 Å². The van der Waals surface area contributed by atoms with E-state index < -0.39 is 0 Å². The largest absolute Gasteiger partial charge is 0.497 e. The summed E-state index contributed by atoms with van der Waals surface area (Å²) in [6.07, 6.45) is 3.50. The van der Waals surface area contributed by atoms with Gasteiger partial charge in [0.1, 0.15) is 5.75 Å². The lowest BCUT2D eigenvalue weighted by molar-refractivity contribution is -0.121. The average molecular weight is 288 g/mol. The fourth-order valence-electron chi connectivity index (χ4n) is 1.91. The number of benzene rings is 1. The van der Waals surface area contributed by atoms with Crippen molar-refractivity contribution in [3.05, 3.63) is 36.4 Å². The quantitative estimate of drug-likeness (QED) is 0.851. The van der Waals surface area contributed by atoms with Crippen LogP contribution in [0.5, 0.6) is 5.75 Å². The van der Waals surface area contributed by atoms with Crippen LogP contribution >= 0.6 is 0 Å². The van der Waals surface area contributed by atoms with Gasteiger partial charge in [-0.25, -0.2) is 4.98 Å². The smallest absolute Gasteiger partial charge is 0.220 e. The van der Waals surface area contributed by atoms with Crippen molar-refractivity contribution in [1.29, 1.82) is 0 Å². The second kappa shape index (κ2) is 7.47. The molecule has 0 aliphatic carbocycles. The minimum absolute atomic E-state index is 0.0259. The summed E-state index contributed by atoms with van der Waals surface area (Å²) in [5.74, 6) is 2.04. The molecule has 0 unspecified atom stereocenters. The monoisotopic (exact) mass is 288 g/mol. The van der Waals surface area contributed by atoms with E-state index in [9.17, 15) is 4.79 Å². The molecule has 0 saturated heterocycles. The predicted octanol–water partition coefficient (Wildman–Crippen LogP) is 2.81. The van der Waals surface area contributed by atoms with Crippen LogP contribution in [-0.4, -0.2) is 24.5 Å². The molecule has 5 heteroatoms. The molecular formula is C16H20N2O3. The van der Waals surface area contributed by atoms with Gasteiger partial charge in [0.2, 0.25) is 5.91 Å². The summed E-state index contributed by atoms with van der Waals surface area (Å²) in [5.41, 5.74) is 0.906. The van der Waals surface area contributed by atoms with E-state index >= 15 is 0 Å². The Labute approximate surface area is 124 Å². The van der Waals surface area contributed by atoms with Crippen LogP contribution in [0.4, 0.5) is 0 Å². The molecule has 2 rings (SSSR count). The van der Waals surface area contributed by atoms with E-state index in [0.29, 0.717) is 31.0 Å². The minimum atomic E-state index is 0.0259. The number of amides is 1. The fraction of sp³-hybridized carbons (Fsp3) is 0.375. The third kappa shape index (κ3) is 4.34. The Hall–Kier alpha value is -2.30. The third-order valence-corrected chi connectivity index (χ3v) is 3.05. The molecule has 0 aliphatic heterocycles. The van der Waals surface area contributed by atoms with Crippen molar-refractivity contribution < 1.29 is 13.9 Å². The molecule has 1 heterocycles. The lowest BCUT2D eigenvalue weighted by Crippen LogP contribution is -2.24. The molecule has 2 aromatic rings. The zero-order valence-corrected chi connectivity index (χ0v) is 12.4. The molecule has 1 aromatic heterocycles. The molecule has 1 N–H and O–H groups in total. The first kappa shape index (κ1) is 15.1. The van der Waals surface area contributed by atoms with Crippen molar-refractivity contribution in [3.8, 4) is 17.1 Å². The highest BCUT2D eigenvalue weighted by atomic mass is 16.5. The van der Waals surface area contributed by atoms with Crippen LogP contribution < -0.4 is 10.1 Å². The maximum atomic E-state index is 11.5. The van der Waals surface area contributed by atoms with E-state index in [1.807, 2.05) is 31.2 Å². The molecule has 1 amide bonds. The Kier molecular flexibility index (Phi) is 5.37. The number of aromatic nitrogens is 1. The normalized spacial score (nSPS) is 10.4. The van der Waals surface area contributed by atoms with E-state index in [4.69, 9.17) is 9.15 Å². The van der Waals surface area contributed by atoms with E-state index in [1.54, 1.807) is 13.3 Å². The number of rotatable bonds is 7. The zero-order chi connectivity index (χ0) is 15.1. The number of hydrogen-bond acceptors (Lipinski definition) is 4. The molecule has 0 radical (unpaired) electrons. The van der Waals surface area contributed by atoms with Gasteiger partial charge in [0.25, 0.3) is 0 Å². The van der Waals surface area contributed by atoms with E-state index in [1.165, 1.54) is 0 Å². The van der Waals surface area contributed by atoms with Gasteiger partial charge in [-0.2, -0.15) is 0 Å². The van der Waals surface area contributed by atoms with Crippen LogP contribution in [0.2, 0.25) is 0 Å². The van der Waals surface area contributed by atoms with Crippen LogP contribution in [0.25, 0.3) is 11.3 Å². The van der Waals surface area contributed by atoms with Crippen molar-refractivity contribution in [1.82, 2.24) is 10.3 Å². The first-order valence-electron chi connectivity index (χ1n) is 7.08. The Morgan fingerprint density at radius 3 is 3.05 bits per heavy atom.